The summed E-state index contributed by atoms with van der Waals surface area (Å²) in [5.74, 6) is -0.789. The van der Waals surface area contributed by atoms with Crippen molar-refractivity contribution in [2.24, 2.45) is 17.6 Å². The Bertz CT molecular complexity index is 628. The molecule has 0 fully saturated rings. The molecular weight excluding hydrogens is 310 g/mol. The highest BCUT2D eigenvalue weighted by Gasteiger charge is 2.35. The van der Waals surface area contributed by atoms with Gasteiger partial charge in [-0.05, 0) is 24.0 Å². The second kappa shape index (κ2) is 8.34. The number of carboxylic acids is 1. The Hall–Kier alpha value is -2.55. The zero-order valence-corrected chi connectivity index (χ0v) is 13.8. The van der Waals surface area contributed by atoms with Crippen LogP contribution in [0.2, 0.25) is 0 Å². The van der Waals surface area contributed by atoms with Crippen molar-refractivity contribution < 1.29 is 9.90 Å². The molecule has 0 spiro atoms. The summed E-state index contributed by atoms with van der Waals surface area (Å²) in [6.07, 6.45) is 2.20. The summed E-state index contributed by atoms with van der Waals surface area (Å²) in [7, 11) is 0. The zero-order valence-electron chi connectivity index (χ0n) is 13.8. The van der Waals surface area contributed by atoms with Crippen LogP contribution in [0.5, 0.6) is 0 Å². The zero-order chi connectivity index (χ0) is 17.5. The van der Waals surface area contributed by atoms with Crippen molar-refractivity contribution in [1.82, 2.24) is 25.6 Å². The van der Waals surface area contributed by atoms with Gasteiger partial charge in [0.2, 0.25) is 0 Å². The Kier molecular flexibility index (Phi) is 6.19. The maximum Gasteiger partial charge on any atom is 0.307 e. The normalized spacial score (nSPS) is 13.7. The fourth-order valence-corrected chi connectivity index (χ4v) is 2.73. The van der Waals surface area contributed by atoms with Gasteiger partial charge in [0.15, 0.2) is 5.82 Å². The molecule has 130 valence electrons. The van der Waals surface area contributed by atoms with Gasteiger partial charge in [-0.25, -0.2) is 4.98 Å². The number of tetrazole rings is 1. The fraction of sp³-hybridized carbons (Fsp3) is 0.533. The molecule has 2 unspecified atom stereocenters. The van der Waals surface area contributed by atoms with Crippen LogP contribution in [0, 0.1) is 11.8 Å². The van der Waals surface area contributed by atoms with E-state index in [9.17, 15) is 9.90 Å². The first-order chi connectivity index (χ1) is 11.5. The van der Waals surface area contributed by atoms with Gasteiger partial charge in [0.05, 0.1) is 5.92 Å². The van der Waals surface area contributed by atoms with Crippen LogP contribution in [0.4, 0.5) is 5.82 Å². The van der Waals surface area contributed by atoms with Crippen molar-refractivity contribution in [3.05, 3.63) is 29.7 Å². The topological polar surface area (TPSA) is 143 Å². The summed E-state index contributed by atoms with van der Waals surface area (Å²) in [6.45, 7) is 4.93. The third-order valence-corrected chi connectivity index (χ3v) is 3.86. The molecule has 24 heavy (non-hydrogen) atoms. The number of aliphatic carboxylic acids is 1. The third-order valence-electron chi connectivity index (χ3n) is 3.86. The molecule has 2 aromatic heterocycles. The van der Waals surface area contributed by atoms with Crippen molar-refractivity contribution in [3.8, 4) is 0 Å². The van der Waals surface area contributed by atoms with E-state index in [-0.39, 0.29) is 11.8 Å². The third kappa shape index (κ3) is 4.48. The maximum absolute atomic E-state index is 11.7. The van der Waals surface area contributed by atoms with Crippen molar-refractivity contribution in [2.45, 2.75) is 26.2 Å². The number of nitrogens with zero attached hydrogens (tertiary/aromatic N) is 4. The predicted molar refractivity (Wildman–Crippen MR) is 88.4 cm³/mol. The minimum Gasteiger partial charge on any atom is -0.481 e. The average molecular weight is 333 g/mol. The molecule has 9 nitrogen and oxygen atoms in total. The first-order valence-electron chi connectivity index (χ1n) is 7.88. The Balaban J connectivity index is 2.21. The fourth-order valence-electron chi connectivity index (χ4n) is 2.73. The van der Waals surface area contributed by atoms with E-state index in [1.165, 1.54) is 0 Å². The summed E-state index contributed by atoms with van der Waals surface area (Å²) < 4.78 is 0. The number of nitrogens with one attached hydrogen (secondary N) is 2. The minimum absolute atomic E-state index is 0.0653. The molecule has 0 saturated carbocycles. The largest absolute Gasteiger partial charge is 0.481 e. The number of hydrogen-bond acceptors (Lipinski definition) is 7. The number of anilines is 1. The highest BCUT2D eigenvalue weighted by molar-refractivity contribution is 5.71. The second-order valence-electron chi connectivity index (χ2n) is 5.96. The number of carbonyl (C=O) groups is 1. The van der Waals surface area contributed by atoms with Crippen LogP contribution >= 0.6 is 0 Å². The number of nitrogens with two attached hydrogens (primary N) is 1. The van der Waals surface area contributed by atoms with Gasteiger partial charge in [-0.3, -0.25) is 4.79 Å². The standard InChI is InChI=1S/C15H23N7O2/c1-9(2)13(15(23)24)11(14-19-21-22-20-14)7-10-3-4-12(18-8-10)17-6-5-16/h3-4,8-9,11,13H,5-7,16H2,1-2H3,(H,17,18)(H,23,24)(H,19,20,21,22). The molecule has 0 radical (unpaired) electrons. The van der Waals surface area contributed by atoms with Crippen molar-refractivity contribution >= 4 is 11.8 Å². The van der Waals surface area contributed by atoms with E-state index in [4.69, 9.17) is 5.73 Å². The van der Waals surface area contributed by atoms with E-state index in [0.717, 1.165) is 11.4 Å². The van der Waals surface area contributed by atoms with Gasteiger partial charge < -0.3 is 16.2 Å². The lowest BCUT2D eigenvalue weighted by Crippen LogP contribution is -2.29. The number of aromatic nitrogens is 5. The summed E-state index contributed by atoms with van der Waals surface area (Å²) in [5, 5.41) is 26.7. The number of pyridine rings is 1. The van der Waals surface area contributed by atoms with Crippen LogP contribution in [-0.4, -0.2) is 49.8 Å². The van der Waals surface area contributed by atoms with Gasteiger partial charge in [0.25, 0.3) is 0 Å². The lowest BCUT2D eigenvalue weighted by Gasteiger charge is -2.24. The maximum atomic E-state index is 11.7. The molecule has 2 heterocycles. The molecule has 0 aliphatic heterocycles. The molecule has 9 heteroatoms. The van der Waals surface area contributed by atoms with Crippen LogP contribution < -0.4 is 11.1 Å². The molecule has 0 saturated heterocycles. The first-order valence-corrected chi connectivity index (χ1v) is 7.88. The van der Waals surface area contributed by atoms with Crippen molar-refractivity contribution in [2.75, 3.05) is 18.4 Å². The quantitative estimate of drug-likeness (QED) is 0.524. The van der Waals surface area contributed by atoms with Crippen molar-refractivity contribution in [3.63, 3.8) is 0 Å². The molecule has 2 aromatic rings. The van der Waals surface area contributed by atoms with E-state index in [0.29, 0.717) is 25.3 Å². The van der Waals surface area contributed by atoms with Crippen LogP contribution in [0.3, 0.4) is 0 Å². The summed E-state index contributed by atoms with van der Waals surface area (Å²) in [4.78, 5) is 16.0. The van der Waals surface area contributed by atoms with Crippen LogP contribution in [-0.2, 0) is 11.2 Å². The van der Waals surface area contributed by atoms with E-state index in [1.54, 1.807) is 6.20 Å². The van der Waals surface area contributed by atoms with E-state index in [1.807, 2.05) is 26.0 Å². The Morgan fingerprint density at radius 2 is 2.21 bits per heavy atom. The van der Waals surface area contributed by atoms with Gasteiger partial charge in [0.1, 0.15) is 5.82 Å². The SMILES string of the molecule is CC(C)C(C(=O)O)C(Cc1ccc(NCCN)nc1)c1nn[nH]n1. The average Bonchev–Trinajstić information content (AvgIpc) is 3.07. The van der Waals surface area contributed by atoms with Gasteiger partial charge in [-0.1, -0.05) is 25.1 Å². The Morgan fingerprint density at radius 3 is 2.71 bits per heavy atom. The Morgan fingerprint density at radius 1 is 1.42 bits per heavy atom. The number of carboxylic acid groups (broad SMARTS) is 1. The first kappa shape index (κ1) is 17.8. The molecule has 0 aliphatic rings. The predicted octanol–water partition coefficient (Wildman–Crippen LogP) is 0.648. The smallest absolute Gasteiger partial charge is 0.307 e. The molecule has 0 bridgehead atoms. The number of H-pyrrole nitrogens is 1. The monoisotopic (exact) mass is 333 g/mol. The lowest BCUT2D eigenvalue weighted by atomic mass is 9.79. The van der Waals surface area contributed by atoms with Gasteiger partial charge in [-0.2, -0.15) is 5.21 Å². The minimum atomic E-state index is -0.867. The molecule has 2 atom stereocenters. The molecule has 0 aliphatic carbocycles. The van der Waals surface area contributed by atoms with Gasteiger partial charge in [-0.15, -0.1) is 10.2 Å². The summed E-state index contributed by atoms with van der Waals surface area (Å²) in [5.41, 5.74) is 6.36. The number of rotatable bonds is 9. The van der Waals surface area contributed by atoms with E-state index < -0.39 is 11.9 Å². The molecule has 2 rings (SSSR count). The lowest BCUT2D eigenvalue weighted by molar-refractivity contribution is -0.144. The van der Waals surface area contributed by atoms with Gasteiger partial charge >= 0.3 is 5.97 Å². The van der Waals surface area contributed by atoms with E-state index >= 15 is 0 Å². The van der Waals surface area contributed by atoms with E-state index in [2.05, 4.69) is 30.9 Å². The van der Waals surface area contributed by atoms with Crippen LogP contribution in [0.25, 0.3) is 0 Å². The molecule has 0 aromatic carbocycles. The second-order valence-corrected chi connectivity index (χ2v) is 5.96. The number of hydrogen-bond donors (Lipinski definition) is 4. The molecule has 5 N–H and O–H groups in total. The highest BCUT2D eigenvalue weighted by Crippen LogP contribution is 2.31. The summed E-state index contributed by atoms with van der Waals surface area (Å²) >= 11 is 0. The molecule has 0 amide bonds. The van der Waals surface area contributed by atoms with Crippen LogP contribution in [0.1, 0.15) is 31.2 Å². The van der Waals surface area contributed by atoms with Crippen LogP contribution in [0.15, 0.2) is 18.3 Å². The van der Waals surface area contributed by atoms with Gasteiger partial charge in [0, 0.05) is 25.2 Å². The summed E-state index contributed by atoms with van der Waals surface area (Å²) in [6, 6.07) is 3.77. The van der Waals surface area contributed by atoms with Crippen molar-refractivity contribution in [1.29, 1.82) is 0 Å². The number of aromatic amines is 1. The molecular formula is C15H23N7O2. The highest BCUT2D eigenvalue weighted by atomic mass is 16.4. The Labute approximate surface area is 140 Å².